The summed E-state index contributed by atoms with van der Waals surface area (Å²) >= 11 is 11.7. The van der Waals surface area contributed by atoms with Crippen molar-refractivity contribution in [3.63, 3.8) is 0 Å². The molecule has 0 atom stereocenters. The first-order chi connectivity index (χ1) is 5.75. The highest BCUT2D eigenvalue weighted by atomic mass is 35.5. The van der Waals surface area contributed by atoms with Crippen molar-refractivity contribution in [2.75, 3.05) is 13.8 Å². The first kappa shape index (κ1) is 12.6. The Balaban J connectivity index is 0.00000144. The molecule has 0 aliphatic rings. The van der Waals surface area contributed by atoms with E-state index in [1.165, 1.54) is 0 Å². The maximum atomic E-state index is 5.83. The molecule has 0 spiro atoms. The van der Waals surface area contributed by atoms with Crippen LogP contribution in [0.25, 0.3) is 0 Å². The molecule has 0 unspecified atom stereocenters. The van der Waals surface area contributed by atoms with Crippen molar-refractivity contribution in [2.45, 2.75) is 7.43 Å². The molecular weight excluding hydrogens is 209 g/mol. The number of rotatable bonds is 3. The van der Waals surface area contributed by atoms with Crippen molar-refractivity contribution in [3.8, 4) is 5.75 Å². The topological polar surface area (TPSA) is 21.3 Å². The van der Waals surface area contributed by atoms with Crippen LogP contribution < -0.4 is 10.1 Å². The summed E-state index contributed by atoms with van der Waals surface area (Å²) < 4.78 is 5.24. The fourth-order valence-electron chi connectivity index (χ4n) is 0.765. The molecule has 0 aromatic heterocycles. The van der Waals surface area contributed by atoms with Crippen LogP contribution in [0.5, 0.6) is 5.75 Å². The highest BCUT2D eigenvalue weighted by Gasteiger charge is 2.04. The predicted octanol–water partition coefficient (Wildman–Crippen LogP) is 3.19. The van der Waals surface area contributed by atoms with Gasteiger partial charge < -0.3 is 4.74 Å². The normalized spacial score (nSPS) is 9.15. The molecule has 0 aliphatic carbocycles. The van der Waals surface area contributed by atoms with E-state index in [-0.39, 0.29) is 7.43 Å². The van der Waals surface area contributed by atoms with Crippen LogP contribution in [-0.2, 0) is 0 Å². The third-order valence-electron chi connectivity index (χ3n) is 1.28. The van der Waals surface area contributed by atoms with Crippen molar-refractivity contribution in [1.82, 2.24) is 5.32 Å². The highest BCUT2D eigenvalue weighted by Crippen LogP contribution is 2.31. The summed E-state index contributed by atoms with van der Waals surface area (Å²) in [5.41, 5.74) is 0. The van der Waals surface area contributed by atoms with E-state index in [9.17, 15) is 0 Å². The summed E-state index contributed by atoms with van der Waals surface area (Å²) in [6.45, 7) is 0.392. The summed E-state index contributed by atoms with van der Waals surface area (Å²) in [4.78, 5) is 0. The largest absolute Gasteiger partial charge is 0.475 e. The third kappa shape index (κ3) is 3.43. The maximum Gasteiger partial charge on any atom is 0.158 e. The van der Waals surface area contributed by atoms with E-state index in [1.54, 1.807) is 25.2 Å². The van der Waals surface area contributed by atoms with Gasteiger partial charge in [0.2, 0.25) is 0 Å². The quantitative estimate of drug-likeness (QED) is 0.793. The first-order valence-corrected chi connectivity index (χ1v) is 4.22. The van der Waals surface area contributed by atoms with E-state index in [2.05, 4.69) is 5.32 Å². The number of hydrogen-bond donors (Lipinski definition) is 1. The van der Waals surface area contributed by atoms with Crippen LogP contribution in [0, 0.1) is 0 Å². The molecule has 0 bridgehead atoms. The second kappa shape index (κ2) is 6.08. The van der Waals surface area contributed by atoms with E-state index in [1.807, 2.05) is 0 Å². The van der Waals surface area contributed by atoms with Crippen LogP contribution in [-0.4, -0.2) is 13.8 Å². The molecule has 1 rings (SSSR count). The van der Waals surface area contributed by atoms with Crippen LogP contribution in [0.4, 0.5) is 0 Å². The number of benzene rings is 1. The van der Waals surface area contributed by atoms with E-state index in [0.29, 0.717) is 22.5 Å². The van der Waals surface area contributed by atoms with Gasteiger partial charge in [-0.15, -0.1) is 0 Å². The summed E-state index contributed by atoms with van der Waals surface area (Å²) in [5, 5.41) is 3.88. The lowest BCUT2D eigenvalue weighted by molar-refractivity contribution is 0.296. The lowest BCUT2D eigenvalue weighted by Crippen LogP contribution is -2.14. The molecule has 0 saturated heterocycles. The van der Waals surface area contributed by atoms with E-state index < -0.39 is 0 Å². The summed E-state index contributed by atoms with van der Waals surface area (Å²) in [6, 6.07) is 5.24. The predicted molar refractivity (Wildman–Crippen MR) is 57.7 cm³/mol. The number of hydrogen-bond acceptors (Lipinski definition) is 2. The molecule has 13 heavy (non-hydrogen) atoms. The van der Waals surface area contributed by atoms with Gasteiger partial charge in [-0.25, -0.2) is 0 Å². The van der Waals surface area contributed by atoms with Gasteiger partial charge in [-0.1, -0.05) is 36.7 Å². The minimum atomic E-state index is 0. The first-order valence-electron chi connectivity index (χ1n) is 3.47. The van der Waals surface area contributed by atoms with Gasteiger partial charge in [-0.3, -0.25) is 5.32 Å². The lowest BCUT2D eigenvalue weighted by atomic mass is 10.3. The molecular formula is C9H13Cl2NO. The molecule has 1 N–H and O–H groups in total. The van der Waals surface area contributed by atoms with Gasteiger partial charge in [0, 0.05) is 0 Å². The Bertz CT molecular complexity index is 246. The Kier molecular flexibility index (Phi) is 5.88. The molecule has 0 heterocycles. The highest BCUT2D eigenvalue weighted by molar-refractivity contribution is 6.37. The monoisotopic (exact) mass is 221 g/mol. The van der Waals surface area contributed by atoms with Gasteiger partial charge in [-0.05, 0) is 19.2 Å². The summed E-state index contributed by atoms with van der Waals surface area (Å²) in [7, 11) is 1.78. The van der Waals surface area contributed by atoms with Gasteiger partial charge in [0.05, 0.1) is 10.0 Å². The van der Waals surface area contributed by atoms with Crippen LogP contribution in [0.2, 0.25) is 10.0 Å². The number of ether oxygens (including phenoxy) is 1. The second-order valence-corrected chi connectivity index (χ2v) is 3.01. The SMILES string of the molecule is C.CNCOc1c(Cl)cccc1Cl. The van der Waals surface area contributed by atoms with E-state index in [4.69, 9.17) is 27.9 Å². The Morgan fingerprint density at radius 1 is 1.31 bits per heavy atom. The van der Waals surface area contributed by atoms with Crippen molar-refractivity contribution >= 4 is 23.2 Å². The molecule has 0 radical (unpaired) electrons. The van der Waals surface area contributed by atoms with Crippen molar-refractivity contribution in [2.24, 2.45) is 0 Å². The minimum absolute atomic E-state index is 0. The van der Waals surface area contributed by atoms with Gasteiger partial charge in [0.15, 0.2) is 5.75 Å². The molecule has 1 aromatic carbocycles. The zero-order valence-corrected chi connectivity index (χ0v) is 8.12. The Hall–Kier alpha value is -0.440. The molecule has 0 fully saturated rings. The maximum absolute atomic E-state index is 5.83. The zero-order valence-electron chi connectivity index (χ0n) is 6.60. The molecule has 1 aromatic rings. The Labute approximate surface area is 88.8 Å². The average molecular weight is 222 g/mol. The summed E-state index contributed by atoms with van der Waals surface area (Å²) in [6.07, 6.45) is 0. The second-order valence-electron chi connectivity index (χ2n) is 2.19. The number of para-hydroxylation sites is 1. The molecule has 0 amide bonds. The van der Waals surface area contributed by atoms with Gasteiger partial charge in [0.1, 0.15) is 6.73 Å². The van der Waals surface area contributed by atoms with Gasteiger partial charge >= 0.3 is 0 Å². The van der Waals surface area contributed by atoms with Crippen LogP contribution in [0.1, 0.15) is 7.43 Å². The minimum Gasteiger partial charge on any atom is -0.475 e. The molecule has 0 saturated carbocycles. The standard InChI is InChI=1S/C8H9Cl2NO.CH4/c1-11-5-12-8-6(9)3-2-4-7(8)10;/h2-4,11H,5H2,1H3;1H4. The van der Waals surface area contributed by atoms with Gasteiger partial charge in [0.25, 0.3) is 0 Å². The van der Waals surface area contributed by atoms with Crippen LogP contribution in [0.3, 0.4) is 0 Å². The van der Waals surface area contributed by atoms with E-state index in [0.717, 1.165) is 0 Å². The number of nitrogens with one attached hydrogen (secondary N) is 1. The van der Waals surface area contributed by atoms with Crippen LogP contribution in [0.15, 0.2) is 18.2 Å². The fraction of sp³-hybridized carbons (Fsp3) is 0.333. The lowest BCUT2D eigenvalue weighted by Gasteiger charge is -2.07. The van der Waals surface area contributed by atoms with Crippen molar-refractivity contribution in [3.05, 3.63) is 28.2 Å². The van der Waals surface area contributed by atoms with Crippen LogP contribution >= 0.6 is 23.2 Å². The summed E-state index contributed by atoms with van der Waals surface area (Å²) in [5.74, 6) is 0.523. The van der Waals surface area contributed by atoms with E-state index >= 15 is 0 Å². The molecule has 2 nitrogen and oxygen atoms in total. The van der Waals surface area contributed by atoms with Crippen molar-refractivity contribution in [1.29, 1.82) is 0 Å². The molecule has 74 valence electrons. The van der Waals surface area contributed by atoms with Crippen molar-refractivity contribution < 1.29 is 4.74 Å². The smallest absolute Gasteiger partial charge is 0.158 e. The third-order valence-corrected chi connectivity index (χ3v) is 1.88. The Morgan fingerprint density at radius 2 is 1.85 bits per heavy atom. The van der Waals surface area contributed by atoms with Gasteiger partial charge in [-0.2, -0.15) is 0 Å². The Morgan fingerprint density at radius 3 is 2.31 bits per heavy atom. The molecule has 0 aliphatic heterocycles. The zero-order chi connectivity index (χ0) is 8.97. The average Bonchev–Trinajstić information content (AvgIpc) is 2.04. The fourth-order valence-corrected chi connectivity index (χ4v) is 1.27. The molecule has 4 heteroatoms. The number of halogens is 2.